The first-order valence-corrected chi connectivity index (χ1v) is 3.26. The Kier molecular flexibility index (Phi) is 2.71. The minimum absolute atomic E-state index is 0.323. The SMILES string of the molecule is COC(=O)C(O)c1cncnc1. The van der Waals surface area contributed by atoms with Crippen molar-refractivity contribution >= 4 is 5.97 Å². The Hall–Kier alpha value is -1.49. The number of carbonyl (C=O) groups is 1. The van der Waals surface area contributed by atoms with Crippen LogP contribution in [-0.2, 0) is 9.53 Å². The van der Waals surface area contributed by atoms with E-state index in [2.05, 4.69) is 14.7 Å². The topological polar surface area (TPSA) is 72.3 Å². The molecule has 1 rings (SSSR count). The summed E-state index contributed by atoms with van der Waals surface area (Å²) in [5.74, 6) is -0.718. The van der Waals surface area contributed by atoms with Gasteiger partial charge in [0.1, 0.15) is 6.33 Å². The van der Waals surface area contributed by atoms with Gasteiger partial charge in [0.15, 0.2) is 6.10 Å². The van der Waals surface area contributed by atoms with Crippen LogP contribution in [0.25, 0.3) is 0 Å². The zero-order chi connectivity index (χ0) is 8.97. The molecule has 64 valence electrons. The van der Waals surface area contributed by atoms with Crippen molar-refractivity contribution in [1.29, 1.82) is 0 Å². The van der Waals surface area contributed by atoms with Crippen LogP contribution >= 0.6 is 0 Å². The van der Waals surface area contributed by atoms with Crippen molar-refractivity contribution in [2.45, 2.75) is 6.10 Å². The van der Waals surface area contributed by atoms with Crippen LogP contribution in [0.4, 0.5) is 0 Å². The fourth-order valence-corrected chi connectivity index (χ4v) is 0.700. The van der Waals surface area contributed by atoms with Gasteiger partial charge in [-0.2, -0.15) is 0 Å². The molecule has 1 aromatic heterocycles. The number of aliphatic hydroxyl groups is 1. The summed E-state index contributed by atoms with van der Waals surface area (Å²) in [6, 6.07) is 0. The van der Waals surface area contributed by atoms with E-state index < -0.39 is 12.1 Å². The molecule has 5 heteroatoms. The average molecular weight is 168 g/mol. The van der Waals surface area contributed by atoms with E-state index >= 15 is 0 Å². The Morgan fingerprint density at radius 3 is 2.67 bits per heavy atom. The van der Waals surface area contributed by atoms with Gasteiger partial charge in [-0.05, 0) is 0 Å². The Morgan fingerprint density at radius 1 is 1.58 bits per heavy atom. The summed E-state index contributed by atoms with van der Waals surface area (Å²) < 4.78 is 4.32. The first-order valence-electron chi connectivity index (χ1n) is 3.26. The minimum atomic E-state index is -1.30. The largest absolute Gasteiger partial charge is 0.467 e. The number of hydrogen-bond donors (Lipinski definition) is 1. The predicted molar refractivity (Wildman–Crippen MR) is 39.0 cm³/mol. The molecule has 1 heterocycles. The van der Waals surface area contributed by atoms with Gasteiger partial charge < -0.3 is 9.84 Å². The van der Waals surface area contributed by atoms with Gasteiger partial charge in [0.2, 0.25) is 0 Å². The molecular formula is C7H8N2O3. The quantitative estimate of drug-likeness (QED) is 0.613. The van der Waals surface area contributed by atoms with Crippen LogP contribution in [0, 0.1) is 0 Å². The smallest absolute Gasteiger partial charge is 0.339 e. The molecule has 1 atom stereocenters. The number of aromatic nitrogens is 2. The fraction of sp³-hybridized carbons (Fsp3) is 0.286. The van der Waals surface area contributed by atoms with E-state index in [0.29, 0.717) is 5.56 Å². The first-order chi connectivity index (χ1) is 5.75. The van der Waals surface area contributed by atoms with Crippen LogP contribution in [0.3, 0.4) is 0 Å². The highest BCUT2D eigenvalue weighted by Crippen LogP contribution is 2.10. The second-order valence-electron chi connectivity index (χ2n) is 2.10. The first kappa shape index (κ1) is 8.61. The molecule has 0 aliphatic heterocycles. The van der Waals surface area contributed by atoms with Gasteiger partial charge in [-0.25, -0.2) is 14.8 Å². The van der Waals surface area contributed by atoms with Gasteiger partial charge in [-0.3, -0.25) is 0 Å². The number of carbonyl (C=O) groups excluding carboxylic acids is 1. The Bertz CT molecular complexity index is 263. The highest BCUT2D eigenvalue weighted by Gasteiger charge is 2.17. The van der Waals surface area contributed by atoms with Crippen molar-refractivity contribution in [2.75, 3.05) is 7.11 Å². The number of nitrogens with zero attached hydrogens (tertiary/aromatic N) is 2. The molecule has 0 amide bonds. The Morgan fingerprint density at radius 2 is 2.17 bits per heavy atom. The maximum atomic E-state index is 10.8. The van der Waals surface area contributed by atoms with Crippen molar-refractivity contribution < 1.29 is 14.6 Å². The summed E-state index contributed by atoms with van der Waals surface area (Å²) in [6.45, 7) is 0. The molecule has 1 unspecified atom stereocenters. The molecule has 0 aliphatic carbocycles. The summed E-state index contributed by atoms with van der Waals surface area (Å²) in [7, 11) is 1.20. The number of ether oxygens (including phenoxy) is 1. The zero-order valence-corrected chi connectivity index (χ0v) is 6.47. The molecule has 0 saturated carbocycles. The molecule has 0 fully saturated rings. The van der Waals surface area contributed by atoms with E-state index in [0.717, 1.165) is 0 Å². The zero-order valence-electron chi connectivity index (χ0n) is 6.47. The number of rotatable bonds is 2. The molecule has 0 radical (unpaired) electrons. The van der Waals surface area contributed by atoms with E-state index in [4.69, 9.17) is 0 Å². The highest BCUT2D eigenvalue weighted by atomic mass is 16.5. The summed E-state index contributed by atoms with van der Waals surface area (Å²) in [4.78, 5) is 18.1. The van der Waals surface area contributed by atoms with Gasteiger partial charge >= 0.3 is 5.97 Å². The van der Waals surface area contributed by atoms with Crippen LogP contribution in [0.1, 0.15) is 11.7 Å². The lowest BCUT2D eigenvalue weighted by molar-refractivity contribution is -0.150. The Balaban J connectivity index is 2.78. The average Bonchev–Trinajstić information content (AvgIpc) is 2.17. The van der Waals surface area contributed by atoms with Gasteiger partial charge in [0.05, 0.1) is 7.11 Å². The van der Waals surface area contributed by atoms with Crippen LogP contribution in [0.5, 0.6) is 0 Å². The number of hydrogen-bond acceptors (Lipinski definition) is 5. The van der Waals surface area contributed by atoms with Crippen molar-refractivity contribution in [3.8, 4) is 0 Å². The van der Waals surface area contributed by atoms with E-state index in [1.54, 1.807) is 0 Å². The lowest BCUT2D eigenvalue weighted by atomic mass is 10.2. The molecular weight excluding hydrogens is 160 g/mol. The third kappa shape index (κ3) is 1.76. The van der Waals surface area contributed by atoms with E-state index in [1.807, 2.05) is 0 Å². The van der Waals surface area contributed by atoms with Gasteiger partial charge in [0.25, 0.3) is 0 Å². The second kappa shape index (κ2) is 3.77. The standard InChI is InChI=1S/C7H8N2O3/c1-12-7(11)6(10)5-2-8-4-9-3-5/h2-4,6,10H,1H3. The summed E-state index contributed by atoms with van der Waals surface area (Å²) >= 11 is 0. The monoisotopic (exact) mass is 168 g/mol. The molecule has 0 aromatic carbocycles. The fourth-order valence-electron chi connectivity index (χ4n) is 0.700. The van der Waals surface area contributed by atoms with Crippen LogP contribution in [0.2, 0.25) is 0 Å². The summed E-state index contributed by atoms with van der Waals surface area (Å²) in [5.41, 5.74) is 0.323. The lowest BCUT2D eigenvalue weighted by Crippen LogP contribution is -2.13. The molecule has 5 nitrogen and oxygen atoms in total. The minimum Gasteiger partial charge on any atom is -0.467 e. The number of esters is 1. The van der Waals surface area contributed by atoms with Gasteiger partial charge in [-0.1, -0.05) is 0 Å². The molecule has 0 saturated heterocycles. The Labute approximate surface area is 69.0 Å². The van der Waals surface area contributed by atoms with Gasteiger partial charge in [0, 0.05) is 18.0 Å². The van der Waals surface area contributed by atoms with Gasteiger partial charge in [-0.15, -0.1) is 0 Å². The molecule has 1 N–H and O–H groups in total. The molecule has 1 aromatic rings. The third-order valence-electron chi connectivity index (χ3n) is 1.32. The van der Waals surface area contributed by atoms with Crippen molar-refractivity contribution in [1.82, 2.24) is 9.97 Å². The predicted octanol–water partition coefficient (Wildman–Crippen LogP) is -0.317. The maximum Gasteiger partial charge on any atom is 0.339 e. The van der Waals surface area contributed by atoms with E-state index in [1.165, 1.54) is 25.8 Å². The number of aliphatic hydroxyl groups excluding tert-OH is 1. The van der Waals surface area contributed by atoms with E-state index in [9.17, 15) is 9.90 Å². The third-order valence-corrected chi connectivity index (χ3v) is 1.32. The normalized spacial score (nSPS) is 12.2. The summed E-state index contributed by atoms with van der Waals surface area (Å²) in [6.07, 6.45) is 2.73. The van der Waals surface area contributed by atoms with Crippen LogP contribution in [-0.4, -0.2) is 28.2 Å². The number of methoxy groups -OCH3 is 1. The van der Waals surface area contributed by atoms with Crippen molar-refractivity contribution in [2.24, 2.45) is 0 Å². The van der Waals surface area contributed by atoms with Crippen LogP contribution in [0.15, 0.2) is 18.7 Å². The molecule has 0 aliphatic rings. The van der Waals surface area contributed by atoms with Crippen molar-refractivity contribution in [3.63, 3.8) is 0 Å². The lowest BCUT2D eigenvalue weighted by Gasteiger charge is -2.05. The summed E-state index contributed by atoms with van der Waals surface area (Å²) in [5, 5.41) is 9.23. The molecule has 0 spiro atoms. The molecule has 12 heavy (non-hydrogen) atoms. The van der Waals surface area contributed by atoms with Crippen LogP contribution < -0.4 is 0 Å². The maximum absolute atomic E-state index is 10.8. The highest BCUT2D eigenvalue weighted by molar-refractivity contribution is 5.75. The molecule has 0 bridgehead atoms. The van der Waals surface area contributed by atoms with E-state index in [-0.39, 0.29) is 0 Å². The van der Waals surface area contributed by atoms with Crippen molar-refractivity contribution in [3.05, 3.63) is 24.3 Å². The second-order valence-corrected chi connectivity index (χ2v) is 2.10.